The predicted molar refractivity (Wildman–Crippen MR) is 128 cm³/mol. The van der Waals surface area contributed by atoms with Crippen LogP contribution in [0.25, 0.3) is 0 Å². The van der Waals surface area contributed by atoms with Crippen LogP contribution in [-0.2, 0) is 4.79 Å². The lowest BCUT2D eigenvalue weighted by Crippen LogP contribution is -2.46. The van der Waals surface area contributed by atoms with Crippen molar-refractivity contribution >= 4 is 23.4 Å². The van der Waals surface area contributed by atoms with Gasteiger partial charge in [-0.3, -0.25) is 9.69 Å². The van der Waals surface area contributed by atoms with Gasteiger partial charge < -0.3 is 15.2 Å². The number of carboxylic acid groups (broad SMARTS) is 1. The van der Waals surface area contributed by atoms with Crippen LogP contribution < -0.4 is 15.0 Å². The molecule has 2 fully saturated rings. The summed E-state index contributed by atoms with van der Waals surface area (Å²) < 4.78 is 45.5. The molecule has 2 saturated carbocycles. The van der Waals surface area contributed by atoms with E-state index in [1.807, 2.05) is 26.0 Å². The van der Waals surface area contributed by atoms with E-state index in [1.165, 1.54) is 4.90 Å². The van der Waals surface area contributed by atoms with Crippen LogP contribution >= 0.6 is 0 Å². The number of anilines is 2. The molecule has 0 aliphatic heterocycles. The number of halogens is 3. The third-order valence-electron chi connectivity index (χ3n) is 6.82. The number of carboxylic acids is 1. The standard InChI is InChI=1S/C26H30F3N3O4/c1-14(2)18-5-3-4-6-21(18)32(17-11-9-16(10-12-17)24(33)34)26(35)30-20-13-19(27)22(15-7-8-15)31-23(20)36-25(28)29/h3-6,13-17,25H,7-12H2,1-2H3,(H,30,35)(H,33,34). The van der Waals surface area contributed by atoms with Crippen LogP contribution in [0.4, 0.5) is 29.3 Å². The second-order valence-electron chi connectivity index (χ2n) is 9.72. The van der Waals surface area contributed by atoms with Gasteiger partial charge in [-0.05, 0) is 56.1 Å². The summed E-state index contributed by atoms with van der Waals surface area (Å²) in [7, 11) is 0. The molecule has 2 amide bonds. The van der Waals surface area contributed by atoms with Crippen LogP contribution in [0, 0.1) is 11.7 Å². The Labute approximate surface area is 207 Å². The number of nitrogens with one attached hydrogen (secondary N) is 1. The van der Waals surface area contributed by atoms with Gasteiger partial charge >= 0.3 is 18.6 Å². The van der Waals surface area contributed by atoms with Crippen molar-refractivity contribution in [2.24, 2.45) is 5.92 Å². The zero-order chi connectivity index (χ0) is 26.0. The van der Waals surface area contributed by atoms with Gasteiger partial charge in [0.2, 0.25) is 5.88 Å². The number of para-hydroxylation sites is 1. The minimum atomic E-state index is -3.20. The number of aromatic nitrogens is 1. The third-order valence-corrected chi connectivity index (χ3v) is 6.82. The summed E-state index contributed by atoms with van der Waals surface area (Å²) in [6.07, 6.45) is 3.12. The van der Waals surface area contributed by atoms with Crippen LogP contribution in [0.1, 0.15) is 75.5 Å². The summed E-state index contributed by atoms with van der Waals surface area (Å²) in [5, 5.41) is 11.9. The molecule has 1 aromatic heterocycles. The molecule has 0 saturated heterocycles. The normalized spacial score (nSPS) is 19.9. The number of hydrogen-bond donors (Lipinski definition) is 2. The molecule has 2 aliphatic carbocycles. The molecule has 1 aromatic carbocycles. The zero-order valence-corrected chi connectivity index (χ0v) is 20.2. The van der Waals surface area contributed by atoms with Gasteiger partial charge in [-0.2, -0.15) is 8.78 Å². The third kappa shape index (κ3) is 5.74. The van der Waals surface area contributed by atoms with E-state index in [0.717, 1.165) is 11.6 Å². The first kappa shape index (κ1) is 25.8. The first-order valence-electron chi connectivity index (χ1n) is 12.2. The highest BCUT2D eigenvalue weighted by Gasteiger charge is 2.35. The Morgan fingerprint density at radius 2 is 1.78 bits per heavy atom. The highest BCUT2D eigenvalue weighted by molar-refractivity contribution is 6.03. The van der Waals surface area contributed by atoms with Crippen LogP contribution in [0.15, 0.2) is 30.3 Å². The van der Waals surface area contributed by atoms with Gasteiger partial charge in [0.1, 0.15) is 11.5 Å². The Hall–Kier alpha value is -3.30. The molecular formula is C26H30F3N3O4. The van der Waals surface area contributed by atoms with E-state index in [4.69, 9.17) is 0 Å². The minimum absolute atomic E-state index is 0.0534. The van der Waals surface area contributed by atoms with Crippen molar-refractivity contribution in [3.8, 4) is 5.88 Å². The average Bonchev–Trinajstić information content (AvgIpc) is 3.66. The number of ether oxygens (including phenoxy) is 1. The number of pyridine rings is 1. The number of alkyl halides is 2. The van der Waals surface area contributed by atoms with E-state index in [1.54, 1.807) is 12.1 Å². The van der Waals surface area contributed by atoms with Gasteiger partial charge in [-0.1, -0.05) is 32.0 Å². The monoisotopic (exact) mass is 505 g/mol. The molecule has 10 heteroatoms. The fourth-order valence-electron chi connectivity index (χ4n) is 4.82. The lowest BCUT2D eigenvalue weighted by molar-refractivity contribution is -0.142. The second-order valence-corrected chi connectivity index (χ2v) is 9.72. The quantitative estimate of drug-likeness (QED) is 0.427. The molecule has 4 rings (SSSR count). The summed E-state index contributed by atoms with van der Waals surface area (Å²) in [6, 6.07) is 7.35. The first-order chi connectivity index (χ1) is 17.2. The van der Waals surface area contributed by atoms with Gasteiger partial charge in [0, 0.05) is 23.7 Å². The topological polar surface area (TPSA) is 91.8 Å². The molecule has 0 atom stereocenters. The van der Waals surface area contributed by atoms with Crippen LogP contribution in [0.5, 0.6) is 5.88 Å². The lowest BCUT2D eigenvalue weighted by Gasteiger charge is -2.37. The van der Waals surface area contributed by atoms with Gasteiger partial charge in [0.15, 0.2) is 0 Å². The molecule has 194 valence electrons. The highest BCUT2D eigenvalue weighted by Crippen LogP contribution is 2.42. The van der Waals surface area contributed by atoms with Crippen molar-refractivity contribution in [3.63, 3.8) is 0 Å². The number of rotatable bonds is 8. The van der Waals surface area contributed by atoms with E-state index >= 15 is 0 Å². The highest BCUT2D eigenvalue weighted by atomic mass is 19.3. The van der Waals surface area contributed by atoms with Gasteiger partial charge in [0.05, 0.1) is 11.6 Å². The summed E-state index contributed by atoms with van der Waals surface area (Å²) in [5.74, 6) is -2.64. The molecule has 2 aromatic rings. The number of carbonyl (C=O) groups excluding carboxylic acids is 1. The number of aliphatic carboxylic acids is 1. The van der Waals surface area contributed by atoms with Crippen molar-refractivity contribution in [1.29, 1.82) is 0 Å². The van der Waals surface area contributed by atoms with Gasteiger partial charge in [0.25, 0.3) is 0 Å². The maximum absolute atomic E-state index is 14.8. The number of carbonyl (C=O) groups is 2. The SMILES string of the molecule is CC(C)c1ccccc1N(C(=O)Nc1cc(F)c(C2CC2)nc1OC(F)F)C1CCC(C(=O)O)CC1. The van der Waals surface area contributed by atoms with E-state index in [9.17, 15) is 27.9 Å². The smallest absolute Gasteiger partial charge is 0.388 e. The van der Waals surface area contributed by atoms with Gasteiger partial charge in [-0.15, -0.1) is 0 Å². The number of hydrogen-bond acceptors (Lipinski definition) is 4. The summed E-state index contributed by atoms with van der Waals surface area (Å²) in [5.41, 5.74) is 1.29. The van der Waals surface area contributed by atoms with E-state index in [-0.39, 0.29) is 29.3 Å². The molecule has 36 heavy (non-hydrogen) atoms. The molecule has 0 unspecified atom stereocenters. The van der Waals surface area contributed by atoms with Crippen molar-refractivity contribution in [3.05, 3.63) is 47.4 Å². The Morgan fingerprint density at radius 3 is 2.36 bits per heavy atom. The van der Waals surface area contributed by atoms with E-state index < -0.39 is 36.2 Å². The predicted octanol–water partition coefficient (Wildman–Crippen LogP) is 6.50. The van der Waals surface area contributed by atoms with Crippen LogP contribution in [0.2, 0.25) is 0 Å². The molecular weight excluding hydrogens is 475 g/mol. The summed E-state index contributed by atoms with van der Waals surface area (Å²) in [6.45, 7) is 0.774. The summed E-state index contributed by atoms with van der Waals surface area (Å²) in [4.78, 5) is 30.6. The number of urea groups is 1. The molecule has 7 nitrogen and oxygen atoms in total. The average molecular weight is 506 g/mol. The van der Waals surface area contributed by atoms with E-state index in [2.05, 4.69) is 15.0 Å². The number of benzene rings is 1. The van der Waals surface area contributed by atoms with Crippen molar-refractivity contribution in [1.82, 2.24) is 4.98 Å². The lowest BCUT2D eigenvalue weighted by atomic mass is 9.85. The molecule has 0 bridgehead atoms. The maximum atomic E-state index is 14.8. The van der Waals surface area contributed by atoms with Crippen molar-refractivity contribution in [2.45, 2.75) is 76.9 Å². The molecule has 2 N–H and O–H groups in total. The zero-order valence-electron chi connectivity index (χ0n) is 20.2. The Morgan fingerprint density at radius 1 is 1.11 bits per heavy atom. The van der Waals surface area contributed by atoms with Crippen molar-refractivity contribution < 1.29 is 32.6 Å². The van der Waals surface area contributed by atoms with E-state index in [0.29, 0.717) is 44.2 Å². The second kappa shape index (κ2) is 10.8. The Balaban J connectivity index is 1.68. The minimum Gasteiger partial charge on any atom is -0.481 e. The number of amides is 2. The van der Waals surface area contributed by atoms with Gasteiger partial charge in [-0.25, -0.2) is 14.2 Å². The van der Waals surface area contributed by atoms with Crippen LogP contribution in [0.3, 0.4) is 0 Å². The fourth-order valence-corrected chi connectivity index (χ4v) is 4.82. The largest absolute Gasteiger partial charge is 0.481 e. The first-order valence-corrected chi connectivity index (χ1v) is 12.2. The molecule has 2 aliphatic rings. The van der Waals surface area contributed by atoms with Crippen molar-refractivity contribution in [2.75, 3.05) is 10.2 Å². The summed E-state index contributed by atoms with van der Waals surface area (Å²) >= 11 is 0. The molecule has 0 radical (unpaired) electrons. The Bertz CT molecular complexity index is 1120. The molecule has 1 heterocycles. The van der Waals surface area contributed by atoms with Crippen LogP contribution in [-0.4, -0.2) is 34.7 Å². The number of nitrogens with zero attached hydrogens (tertiary/aromatic N) is 2. The maximum Gasteiger partial charge on any atom is 0.388 e. The fraction of sp³-hybridized carbons (Fsp3) is 0.500. The Kier molecular flexibility index (Phi) is 7.70. The molecule has 0 spiro atoms.